The topological polar surface area (TPSA) is 184 Å². The number of imidazole rings is 1. The van der Waals surface area contributed by atoms with Crippen LogP contribution in [0.25, 0.3) is 11.2 Å². The van der Waals surface area contributed by atoms with Crippen LogP contribution in [0.15, 0.2) is 12.7 Å². The number of nitrogen functional groups attached to an aromatic ring is 1. The van der Waals surface area contributed by atoms with Gasteiger partial charge in [-0.1, -0.05) is 0 Å². The Morgan fingerprint density at radius 3 is 2.50 bits per heavy atom. The zero-order valence-corrected chi connectivity index (χ0v) is 22.3. The molecule has 2 heterocycles. The molecule has 0 bridgehead atoms. The Hall–Kier alpha value is -2.73. The number of carbonyl (C=O) groups is 2. The summed E-state index contributed by atoms with van der Waals surface area (Å²) < 4.78 is 33.9. The van der Waals surface area contributed by atoms with Crippen molar-refractivity contribution in [3.05, 3.63) is 12.7 Å². The van der Waals surface area contributed by atoms with E-state index in [-0.39, 0.29) is 37.2 Å². The van der Waals surface area contributed by atoms with Crippen molar-refractivity contribution >= 4 is 36.9 Å². The van der Waals surface area contributed by atoms with Crippen molar-refractivity contribution in [1.29, 1.82) is 0 Å². The van der Waals surface area contributed by atoms with E-state index in [1.54, 1.807) is 38.6 Å². The van der Waals surface area contributed by atoms with Gasteiger partial charge in [-0.3, -0.25) is 4.79 Å². The number of carbonyl (C=O) groups excluding carboxylic acids is 2. The fourth-order valence-corrected chi connectivity index (χ4v) is 3.50. The number of nitrogens with two attached hydrogens (primary N) is 2. The van der Waals surface area contributed by atoms with E-state index in [2.05, 4.69) is 15.0 Å². The molecule has 0 aromatic carbocycles. The average Bonchev–Trinajstić information content (AvgIpc) is 3.16. The third-order valence-corrected chi connectivity index (χ3v) is 5.67. The summed E-state index contributed by atoms with van der Waals surface area (Å²) >= 11 is 0. The molecule has 0 saturated heterocycles. The van der Waals surface area contributed by atoms with Crippen molar-refractivity contribution < 1.29 is 32.9 Å². The summed E-state index contributed by atoms with van der Waals surface area (Å²) in [5, 5.41) is 0. The van der Waals surface area contributed by atoms with Crippen LogP contribution in [0.4, 0.5) is 5.82 Å². The maximum absolute atomic E-state index is 11.7. The van der Waals surface area contributed by atoms with Crippen LogP contribution in [0.3, 0.4) is 0 Å². The normalized spacial score (nSPS) is 15.0. The number of hydrogen-bond acceptors (Lipinski definition) is 12. The first-order valence-corrected chi connectivity index (χ1v) is 13.0. The van der Waals surface area contributed by atoms with Gasteiger partial charge in [0.1, 0.15) is 23.5 Å². The first-order chi connectivity index (χ1) is 16.9. The SMILES string of the molecule is CC(C)(N)C(=O)OC1CCC1.CC(C)OC(=O)CO[P+](=O)COC(C)Cn1cnc2c(N)ncnc21. The van der Waals surface area contributed by atoms with Gasteiger partial charge >= 0.3 is 20.0 Å². The highest BCUT2D eigenvalue weighted by Crippen LogP contribution is 2.24. The maximum Gasteiger partial charge on any atom is 0.537 e. The molecule has 3 rings (SSSR count). The Kier molecular flexibility index (Phi) is 11.1. The fourth-order valence-electron chi connectivity index (χ4n) is 2.80. The second-order valence-corrected chi connectivity index (χ2v) is 10.4. The lowest BCUT2D eigenvalue weighted by atomic mass is 9.96. The minimum atomic E-state index is -2.12. The molecule has 0 radical (unpaired) electrons. The Balaban J connectivity index is 0.000000346. The lowest BCUT2D eigenvalue weighted by Crippen LogP contribution is -2.45. The van der Waals surface area contributed by atoms with Gasteiger partial charge in [-0.2, -0.15) is 0 Å². The smallest absolute Gasteiger partial charge is 0.461 e. The van der Waals surface area contributed by atoms with Crippen LogP contribution in [-0.2, 0) is 39.4 Å². The molecular weight excluding hydrogens is 491 g/mol. The van der Waals surface area contributed by atoms with E-state index in [0.29, 0.717) is 23.5 Å². The summed E-state index contributed by atoms with van der Waals surface area (Å²) in [5.41, 5.74) is 11.5. The van der Waals surface area contributed by atoms with Crippen LogP contribution < -0.4 is 11.5 Å². The van der Waals surface area contributed by atoms with Crippen molar-refractivity contribution in [2.45, 2.75) is 84.3 Å². The van der Waals surface area contributed by atoms with Gasteiger partial charge in [-0.05, 0) is 58.4 Å². The molecule has 1 aliphatic carbocycles. The third-order valence-electron chi connectivity index (χ3n) is 4.89. The molecule has 14 heteroatoms. The molecular formula is C22H36N6O7P+. The Morgan fingerprint density at radius 1 is 1.22 bits per heavy atom. The Bertz CT molecular complexity index is 1040. The van der Waals surface area contributed by atoms with Crippen molar-refractivity contribution in [2.24, 2.45) is 5.73 Å². The van der Waals surface area contributed by atoms with Gasteiger partial charge in [0.25, 0.3) is 6.35 Å². The number of hydrogen-bond donors (Lipinski definition) is 2. The standard InChI is InChI=1S/C14H21N5O5P.C8H15NO2/c1-9(2)24-11(20)5-23-25(21)8-22-10(3)4-19-7-18-12-13(15)16-6-17-14(12)19;1-8(2,9)7(10)11-6-4-3-5-6/h6-7,9-10H,4-5,8H2,1-3H3,(H2,15,16,17);6H,3-5,9H2,1-2H3/q+1;. The van der Waals surface area contributed by atoms with Gasteiger partial charge in [0.15, 0.2) is 18.1 Å². The highest BCUT2D eigenvalue weighted by atomic mass is 31.1. The van der Waals surface area contributed by atoms with E-state index in [4.69, 9.17) is 30.2 Å². The average molecular weight is 528 g/mol. The molecule has 2 aromatic heterocycles. The summed E-state index contributed by atoms with van der Waals surface area (Å²) in [5.74, 6) is -0.544. The molecule has 1 aliphatic rings. The van der Waals surface area contributed by atoms with E-state index in [9.17, 15) is 14.2 Å². The van der Waals surface area contributed by atoms with Crippen LogP contribution in [0.1, 0.15) is 53.9 Å². The summed E-state index contributed by atoms with van der Waals surface area (Å²) in [6.07, 6.45) is 5.62. The van der Waals surface area contributed by atoms with E-state index in [0.717, 1.165) is 12.8 Å². The lowest BCUT2D eigenvalue weighted by Gasteiger charge is -2.28. The molecule has 2 atom stereocenters. The highest BCUT2D eigenvalue weighted by Gasteiger charge is 2.29. The number of fused-ring (bicyclic) bond motifs is 1. The predicted molar refractivity (Wildman–Crippen MR) is 132 cm³/mol. The number of rotatable bonds is 11. The van der Waals surface area contributed by atoms with Gasteiger partial charge in [0.2, 0.25) is 0 Å². The quantitative estimate of drug-likeness (QED) is 0.321. The molecule has 0 amide bonds. The second kappa shape index (κ2) is 13.5. The van der Waals surface area contributed by atoms with Gasteiger partial charge < -0.3 is 30.2 Å². The minimum absolute atomic E-state index is 0.130. The molecule has 1 saturated carbocycles. The Labute approximate surface area is 211 Å². The van der Waals surface area contributed by atoms with Crippen molar-refractivity contribution in [3.63, 3.8) is 0 Å². The molecule has 4 N–H and O–H groups in total. The molecule has 13 nitrogen and oxygen atoms in total. The third kappa shape index (κ3) is 9.73. The minimum Gasteiger partial charge on any atom is -0.461 e. The van der Waals surface area contributed by atoms with Crippen LogP contribution >= 0.6 is 8.03 Å². The summed E-state index contributed by atoms with van der Waals surface area (Å²) in [7, 11) is -2.12. The molecule has 2 unspecified atom stereocenters. The van der Waals surface area contributed by atoms with Gasteiger partial charge in [-0.15, -0.1) is 4.52 Å². The Morgan fingerprint density at radius 2 is 1.92 bits per heavy atom. The van der Waals surface area contributed by atoms with Crippen molar-refractivity contribution in [2.75, 3.05) is 18.7 Å². The second-order valence-electron chi connectivity index (χ2n) is 9.26. The van der Waals surface area contributed by atoms with E-state index < -0.39 is 19.5 Å². The van der Waals surface area contributed by atoms with Crippen molar-refractivity contribution in [1.82, 2.24) is 19.5 Å². The molecule has 36 heavy (non-hydrogen) atoms. The molecule has 2 aromatic rings. The lowest BCUT2D eigenvalue weighted by molar-refractivity contribution is -0.158. The number of esters is 2. The zero-order valence-electron chi connectivity index (χ0n) is 21.4. The fraction of sp³-hybridized carbons (Fsp3) is 0.682. The first-order valence-electron chi connectivity index (χ1n) is 11.7. The van der Waals surface area contributed by atoms with Gasteiger partial charge in [0, 0.05) is 0 Å². The van der Waals surface area contributed by atoms with Crippen LogP contribution in [0.2, 0.25) is 0 Å². The molecule has 1 fully saturated rings. The number of nitrogens with zero attached hydrogens (tertiary/aromatic N) is 4. The molecule has 0 aliphatic heterocycles. The first kappa shape index (κ1) is 29.5. The monoisotopic (exact) mass is 527 g/mol. The van der Waals surface area contributed by atoms with Crippen LogP contribution in [0.5, 0.6) is 0 Å². The summed E-state index contributed by atoms with van der Waals surface area (Å²) in [4.78, 5) is 34.6. The molecule has 200 valence electrons. The van der Waals surface area contributed by atoms with E-state index >= 15 is 0 Å². The van der Waals surface area contributed by atoms with E-state index in [1.165, 1.54) is 12.7 Å². The van der Waals surface area contributed by atoms with Crippen LogP contribution in [0, 0.1) is 0 Å². The largest absolute Gasteiger partial charge is 0.537 e. The number of aromatic nitrogens is 4. The summed E-state index contributed by atoms with van der Waals surface area (Å²) in [6, 6.07) is 0. The van der Waals surface area contributed by atoms with Gasteiger partial charge in [0.05, 0.1) is 25.1 Å². The van der Waals surface area contributed by atoms with Crippen molar-refractivity contribution in [3.8, 4) is 0 Å². The molecule has 0 spiro atoms. The van der Waals surface area contributed by atoms with E-state index in [1.807, 2.05) is 6.92 Å². The highest BCUT2D eigenvalue weighted by molar-refractivity contribution is 7.38. The maximum atomic E-state index is 11.7. The number of ether oxygens (including phenoxy) is 3. The van der Waals surface area contributed by atoms with Gasteiger partial charge in [-0.25, -0.2) is 19.7 Å². The summed E-state index contributed by atoms with van der Waals surface area (Å²) in [6.45, 7) is 8.65. The zero-order chi connectivity index (χ0) is 26.9. The number of anilines is 1. The van der Waals surface area contributed by atoms with Crippen LogP contribution in [-0.4, -0.2) is 68.3 Å². The predicted octanol–water partition coefficient (Wildman–Crippen LogP) is 2.30.